The van der Waals surface area contributed by atoms with Crippen LogP contribution in [0.3, 0.4) is 0 Å². The number of rotatable bonds is 6. The molecule has 0 aliphatic heterocycles. The lowest BCUT2D eigenvalue weighted by molar-refractivity contribution is 0.262. The summed E-state index contributed by atoms with van der Waals surface area (Å²) in [6.07, 6.45) is 2.66. The van der Waals surface area contributed by atoms with Gasteiger partial charge in [0, 0.05) is 25.2 Å². The van der Waals surface area contributed by atoms with Gasteiger partial charge < -0.3 is 5.32 Å². The Morgan fingerprint density at radius 1 is 1.35 bits per heavy atom. The van der Waals surface area contributed by atoms with Crippen LogP contribution >= 0.6 is 0 Å². The Kier molecular flexibility index (Phi) is 4.13. The van der Waals surface area contributed by atoms with Gasteiger partial charge in [-0.3, -0.25) is 9.88 Å². The number of hydrogen-bond donors (Lipinski definition) is 1. The highest BCUT2D eigenvalue weighted by atomic mass is 15.1. The lowest BCUT2D eigenvalue weighted by Gasteiger charge is -2.20. The van der Waals surface area contributed by atoms with Crippen molar-refractivity contribution in [2.45, 2.75) is 51.9 Å². The van der Waals surface area contributed by atoms with E-state index < -0.39 is 0 Å². The van der Waals surface area contributed by atoms with E-state index in [2.05, 4.69) is 49.3 Å². The first-order chi connectivity index (χ1) is 8.15. The highest BCUT2D eigenvalue weighted by Crippen LogP contribution is 2.19. The third-order valence-corrected chi connectivity index (χ3v) is 3.31. The summed E-state index contributed by atoms with van der Waals surface area (Å²) in [5.74, 6) is 0. The summed E-state index contributed by atoms with van der Waals surface area (Å²) in [5, 5.41) is 3.50. The van der Waals surface area contributed by atoms with Gasteiger partial charge in [-0.2, -0.15) is 0 Å². The summed E-state index contributed by atoms with van der Waals surface area (Å²) in [6.45, 7) is 6.25. The van der Waals surface area contributed by atoms with Crippen molar-refractivity contribution in [3.05, 3.63) is 29.6 Å². The molecule has 1 heterocycles. The van der Waals surface area contributed by atoms with E-state index in [9.17, 15) is 0 Å². The Morgan fingerprint density at radius 3 is 2.71 bits per heavy atom. The van der Waals surface area contributed by atoms with Crippen molar-refractivity contribution in [1.29, 1.82) is 0 Å². The Hall–Kier alpha value is -0.930. The summed E-state index contributed by atoms with van der Waals surface area (Å²) < 4.78 is 0. The van der Waals surface area contributed by atoms with Crippen molar-refractivity contribution in [3.8, 4) is 0 Å². The van der Waals surface area contributed by atoms with Crippen LogP contribution < -0.4 is 5.32 Å². The van der Waals surface area contributed by atoms with Crippen molar-refractivity contribution >= 4 is 0 Å². The highest BCUT2D eigenvalue weighted by molar-refractivity contribution is 5.11. The van der Waals surface area contributed by atoms with E-state index in [0.29, 0.717) is 6.04 Å². The normalized spacial score (nSPS) is 15.8. The van der Waals surface area contributed by atoms with Gasteiger partial charge in [-0.1, -0.05) is 6.07 Å². The van der Waals surface area contributed by atoms with Crippen LogP contribution in [0.4, 0.5) is 0 Å². The predicted molar refractivity (Wildman–Crippen MR) is 70.7 cm³/mol. The van der Waals surface area contributed by atoms with E-state index in [4.69, 9.17) is 4.98 Å². The van der Waals surface area contributed by atoms with Gasteiger partial charge in [0.25, 0.3) is 0 Å². The van der Waals surface area contributed by atoms with Gasteiger partial charge in [-0.25, -0.2) is 0 Å². The van der Waals surface area contributed by atoms with E-state index in [1.807, 2.05) is 0 Å². The zero-order valence-electron chi connectivity index (χ0n) is 11.1. The van der Waals surface area contributed by atoms with Crippen molar-refractivity contribution in [2.75, 3.05) is 7.05 Å². The third-order valence-electron chi connectivity index (χ3n) is 3.31. The molecule has 0 radical (unpaired) electrons. The number of hydrogen-bond acceptors (Lipinski definition) is 3. The lowest BCUT2D eigenvalue weighted by Crippen LogP contribution is -2.26. The average Bonchev–Trinajstić information content (AvgIpc) is 3.10. The maximum absolute atomic E-state index is 4.69. The Bertz CT molecular complexity index is 358. The van der Waals surface area contributed by atoms with Gasteiger partial charge in [-0.05, 0) is 45.9 Å². The minimum atomic E-state index is 0.560. The molecule has 0 amide bonds. The second-order valence-electron chi connectivity index (χ2n) is 5.28. The van der Waals surface area contributed by atoms with Gasteiger partial charge in [-0.15, -0.1) is 0 Å². The maximum atomic E-state index is 4.69. The van der Waals surface area contributed by atoms with Crippen LogP contribution in [0.2, 0.25) is 0 Å². The first kappa shape index (κ1) is 12.5. The Balaban J connectivity index is 1.90. The second kappa shape index (κ2) is 5.61. The third kappa shape index (κ3) is 4.10. The van der Waals surface area contributed by atoms with Crippen LogP contribution in [0.15, 0.2) is 18.2 Å². The largest absolute Gasteiger partial charge is 0.308 e. The van der Waals surface area contributed by atoms with Gasteiger partial charge in [0.05, 0.1) is 11.4 Å². The molecule has 0 atom stereocenters. The standard InChI is InChI=1S/C14H23N3/c1-11(2)17(3)10-14-6-4-5-13(16-14)9-15-12-7-8-12/h4-6,11-12,15H,7-10H2,1-3H3. The molecule has 1 aromatic heterocycles. The minimum Gasteiger partial charge on any atom is -0.308 e. The van der Waals surface area contributed by atoms with Crippen LogP contribution in [0.5, 0.6) is 0 Å². The Labute approximate surface area is 104 Å². The van der Waals surface area contributed by atoms with Crippen molar-refractivity contribution in [1.82, 2.24) is 15.2 Å². The smallest absolute Gasteiger partial charge is 0.0547 e. The van der Waals surface area contributed by atoms with Gasteiger partial charge in [0.2, 0.25) is 0 Å². The summed E-state index contributed by atoms with van der Waals surface area (Å²) in [4.78, 5) is 7.00. The number of pyridine rings is 1. The van der Waals surface area contributed by atoms with E-state index >= 15 is 0 Å². The topological polar surface area (TPSA) is 28.2 Å². The van der Waals surface area contributed by atoms with E-state index in [1.54, 1.807) is 0 Å². The van der Waals surface area contributed by atoms with Gasteiger partial charge in [0.15, 0.2) is 0 Å². The van der Waals surface area contributed by atoms with Crippen molar-refractivity contribution < 1.29 is 0 Å². The summed E-state index contributed by atoms with van der Waals surface area (Å²) in [6, 6.07) is 7.64. The fraction of sp³-hybridized carbons (Fsp3) is 0.643. The molecule has 1 fully saturated rings. The molecule has 1 saturated carbocycles. The fourth-order valence-corrected chi connectivity index (χ4v) is 1.69. The average molecular weight is 233 g/mol. The maximum Gasteiger partial charge on any atom is 0.0547 e. The van der Waals surface area contributed by atoms with E-state index in [0.717, 1.165) is 30.5 Å². The van der Waals surface area contributed by atoms with E-state index in [1.165, 1.54) is 12.8 Å². The van der Waals surface area contributed by atoms with Crippen LogP contribution in [0, 0.1) is 0 Å². The second-order valence-corrected chi connectivity index (χ2v) is 5.28. The zero-order valence-corrected chi connectivity index (χ0v) is 11.1. The van der Waals surface area contributed by atoms with Gasteiger partial charge >= 0.3 is 0 Å². The van der Waals surface area contributed by atoms with Crippen molar-refractivity contribution in [3.63, 3.8) is 0 Å². The number of nitrogens with one attached hydrogen (secondary N) is 1. The molecular formula is C14H23N3. The van der Waals surface area contributed by atoms with Crippen LogP contribution in [-0.4, -0.2) is 29.0 Å². The molecule has 1 N–H and O–H groups in total. The Morgan fingerprint density at radius 2 is 2.06 bits per heavy atom. The summed E-state index contributed by atoms with van der Waals surface area (Å²) >= 11 is 0. The van der Waals surface area contributed by atoms with Crippen LogP contribution in [-0.2, 0) is 13.1 Å². The molecule has 1 aromatic rings. The van der Waals surface area contributed by atoms with Crippen LogP contribution in [0.1, 0.15) is 38.1 Å². The molecular weight excluding hydrogens is 210 g/mol. The quantitative estimate of drug-likeness (QED) is 0.816. The molecule has 2 rings (SSSR count). The van der Waals surface area contributed by atoms with Gasteiger partial charge in [0.1, 0.15) is 0 Å². The monoisotopic (exact) mass is 233 g/mol. The molecule has 3 nitrogen and oxygen atoms in total. The van der Waals surface area contributed by atoms with E-state index in [-0.39, 0.29) is 0 Å². The molecule has 0 spiro atoms. The SMILES string of the molecule is CC(C)N(C)Cc1cccc(CNC2CC2)n1. The molecule has 94 valence electrons. The molecule has 1 aliphatic rings. The fourth-order valence-electron chi connectivity index (χ4n) is 1.69. The molecule has 3 heteroatoms. The molecule has 1 aliphatic carbocycles. The lowest BCUT2D eigenvalue weighted by atomic mass is 10.2. The minimum absolute atomic E-state index is 0.560. The molecule has 0 aromatic carbocycles. The summed E-state index contributed by atoms with van der Waals surface area (Å²) in [7, 11) is 2.14. The molecule has 0 saturated heterocycles. The summed E-state index contributed by atoms with van der Waals surface area (Å²) in [5.41, 5.74) is 2.32. The molecule has 0 bridgehead atoms. The molecule has 0 unspecified atom stereocenters. The van der Waals surface area contributed by atoms with Crippen LogP contribution in [0.25, 0.3) is 0 Å². The number of nitrogens with zero attached hydrogens (tertiary/aromatic N) is 2. The first-order valence-corrected chi connectivity index (χ1v) is 6.53. The highest BCUT2D eigenvalue weighted by Gasteiger charge is 2.20. The van der Waals surface area contributed by atoms with Crippen molar-refractivity contribution in [2.24, 2.45) is 0 Å². The first-order valence-electron chi connectivity index (χ1n) is 6.53. The zero-order chi connectivity index (χ0) is 12.3. The molecule has 17 heavy (non-hydrogen) atoms. The predicted octanol–water partition coefficient (Wildman–Crippen LogP) is 2.17. The number of aromatic nitrogens is 1.